The van der Waals surface area contributed by atoms with Crippen molar-refractivity contribution in [3.8, 4) is 0 Å². The molecule has 0 aliphatic heterocycles. The summed E-state index contributed by atoms with van der Waals surface area (Å²) >= 11 is 6.07. The summed E-state index contributed by atoms with van der Waals surface area (Å²) in [5.41, 5.74) is 1.33. The van der Waals surface area contributed by atoms with Gasteiger partial charge in [0.1, 0.15) is 0 Å². The third-order valence-electron chi connectivity index (χ3n) is 3.32. The summed E-state index contributed by atoms with van der Waals surface area (Å²) in [6, 6.07) is 1.73. The van der Waals surface area contributed by atoms with Gasteiger partial charge in [-0.05, 0) is 31.7 Å². The molecule has 92 valence electrons. The molecule has 0 spiro atoms. The number of aryl methyl sites for hydroxylation is 1. The first-order valence-electron chi connectivity index (χ1n) is 5.95. The number of aromatic nitrogens is 1. The van der Waals surface area contributed by atoms with Gasteiger partial charge in [-0.1, -0.05) is 18.0 Å². The Hall–Kier alpha value is -1.09. The van der Waals surface area contributed by atoms with Crippen molar-refractivity contribution in [3.05, 3.63) is 28.5 Å². The predicted molar refractivity (Wildman–Crippen MR) is 68.3 cm³/mol. The highest BCUT2D eigenvalue weighted by Crippen LogP contribution is 2.27. The Balaban J connectivity index is 2.07. The van der Waals surface area contributed by atoms with Crippen LogP contribution in [0.2, 0.25) is 5.02 Å². The lowest BCUT2D eigenvalue weighted by atomic mass is 9.85. The minimum Gasteiger partial charge on any atom is -0.341 e. The van der Waals surface area contributed by atoms with Crippen LogP contribution in [0, 0.1) is 12.8 Å². The Morgan fingerprint density at radius 3 is 2.82 bits per heavy atom. The summed E-state index contributed by atoms with van der Waals surface area (Å²) in [5, 5.41) is 0.489. The third kappa shape index (κ3) is 2.78. The molecule has 4 heteroatoms. The van der Waals surface area contributed by atoms with E-state index in [-0.39, 0.29) is 5.91 Å². The first-order chi connectivity index (χ1) is 8.08. The van der Waals surface area contributed by atoms with E-state index < -0.39 is 0 Å². The van der Waals surface area contributed by atoms with Crippen LogP contribution < -0.4 is 0 Å². The Morgan fingerprint density at radius 1 is 1.59 bits per heavy atom. The topological polar surface area (TPSA) is 33.2 Å². The van der Waals surface area contributed by atoms with Crippen LogP contribution in [0.5, 0.6) is 0 Å². The molecule has 0 N–H and O–H groups in total. The number of halogens is 1. The van der Waals surface area contributed by atoms with E-state index >= 15 is 0 Å². The van der Waals surface area contributed by atoms with Gasteiger partial charge in [0, 0.05) is 25.5 Å². The van der Waals surface area contributed by atoms with Crippen molar-refractivity contribution in [2.45, 2.75) is 26.2 Å². The maximum atomic E-state index is 12.2. The predicted octanol–water partition coefficient (Wildman–Crippen LogP) is 2.92. The van der Waals surface area contributed by atoms with Gasteiger partial charge in [-0.3, -0.25) is 9.78 Å². The molecule has 0 unspecified atom stereocenters. The monoisotopic (exact) mass is 252 g/mol. The largest absolute Gasteiger partial charge is 0.341 e. The Labute approximate surface area is 107 Å². The molecular formula is C13H17ClN2O. The summed E-state index contributed by atoms with van der Waals surface area (Å²) < 4.78 is 0. The second-order valence-corrected chi connectivity index (χ2v) is 5.20. The summed E-state index contributed by atoms with van der Waals surface area (Å²) in [5.74, 6) is 0.635. The van der Waals surface area contributed by atoms with Gasteiger partial charge in [0.2, 0.25) is 0 Å². The zero-order chi connectivity index (χ0) is 12.4. The summed E-state index contributed by atoms with van der Waals surface area (Å²) in [4.78, 5) is 18.0. The van der Waals surface area contributed by atoms with Gasteiger partial charge in [-0.15, -0.1) is 0 Å². The number of rotatable bonds is 3. The van der Waals surface area contributed by atoms with Crippen molar-refractivity contribution in [3.63, 3.8) is 0 Å². The SMILES string of the molecule is Cc1cc(Cl)c(C(=O)N(C)CC2CCC2)cn1. The normalized spacial score (nSPS) is 15.5. The van der Waals surface area contributed by atoms with Crippen molar-refractivity contribution in [2.75, 3.05) is 13.6 Å². The van der Waals surface area contributed by atoms with Crippen molar-refractivity contribution < 1.29 is 4.79 Å². The molecule has 0 saturated heterocycles. The van der Waals surface area contributed by atoms with Gasteiger partial charge in [0.05, 0.1) is 10.6 Å². The van der Waals surface area contributed by atoms with E-state index in [1.165, 1.54) is 19.3 Å². The van der Waals surface area contributed by atoms with Crippen molar-refractivity contribution in [1.29, 1.82) is 0 Å². The minimum absolute atomic E-state index is 0.0330. The highest BCUT2D eigenvalue weighted by atomic mass is 35.5. The maximum Gasteiger partial charge on any atom is 0.256 e. The Kier molecular flexibility index (Phi) is 3.67. The van der Waals surface area contributed by atoms with Crippen molar-refractivity contribution in [2.24, 2.45) is 5.92 Å². The number of amides is 1. The highest BCUT2D eigenvalue weighted by molar-refractivity contribution is 6.33. The van der Waals surface area contributed by atoms with E-state index in [1.54, 1.807) is 17.2 Å². The summed E-state index contributed by atoms with van der Waals surface area (Å²) in [6.07, 6.45) is 5.33. The quantitative estimate of drug-likeness (QED) is 0.829. The van der Waals surface area contributed by atoms with E-state index in [9.17, 15) is 4.79 Å². The molecule has 0 atom stereocenters. The number of nitrogens with zero attached hydrogens (tertiary/aromatic N) is 2. The second-order valence-electron chi connectivity index (χ2n) is 4.79. The first kappa shape index (κ1) is 12.4. The van der Waals surface area contributed by atoms with Crippen LogP contribution in [-0.4, -0.2) is 29.4 Å². The van der Waals surface area contributed by atoms with Crippen LogP contribution in [-0.2, 0) is 0 Å². The van der Waals surface area contributed by atoms with Gasteiger partial charge in [0.25, 0.3) is 5.91 Å². The van der Waals surface area contributed by atoms with Gasteiger partial charge in [-0.2, -0.15) is 0 Å². The van der Waals surface area contributed by atoms with Crippen molar-refractivity contribution >= 4 is 17.5 Å². The van der Waals surface area contributed by atoms with Crippen LogP contribution in [0.25, 0.3) is 0 Å². The molecule has 1 aliphatic carbocycles. The molecule has 1 heterocycles. The van der Waals surface area contributed by atoms with Crippen LogP contribution in [0.15, 0.2) is 12.3 Å². The van der Waals surface area contributed by atoms with E-state index in [2.05, 4.69) is 4.98 Å². The van der Waals surface area contributed by atoms with Crippen LogP contribution in [0.4, 0.5) is 0 Å². The summed E-state index contributed by atoms with van der Waals surface area (Å²) in [6.45, 7) is 2.68. The number of carbonyl (C=O) groups excluding carboxylic acids is 1. The van der Waals surface area contributed by atoms with Gasteiger partial charge in [0.15, 0.2) is 0 Å². The average molecular weight is 253 g/mol. The lowest BCUT2D eigenvalue weighted by molar-refractivity contribution is 0.0745. The average Bonchev–Trinajstić information content (AvgIpc) is 2.22. The van der Waals surface area contributed by atoms with Crippen molar-refractivity contribution in [1.82, 2.24) is 9.88 Å². The summed E-state index contributed by atoms with van der Waals surface area (Å²) in [7, 11) is 1.83. The van der Waals surface area contributed by atoms with Crippen LogP contribution in [0.3, 0.4) is 0 Å². The van der Waals surface area contributed by atoms with E-state index in [1.807, 2.05) is 14.0 Å². The molecule has 1 aromatic heterocycles. The van der Waals surface area contributed by atoms with E-state index in [0.717, 1.165) is 12.2 Å². The maximum absolute atomic E-state index is 12.2. The highest BCUT2D eigenvalue weighted by Gasteiger charge is 2.23. The molecule has 0 bridgehead atoms. The first-order valence-corrected chi connectivity index (χ1v) is 6.33. The molecule has 2 rings (SSSR count). The van der Waals surface area contributed by atoms with E-state index in [4.69, 9.17) is 11.6 Å². The number of carbonyl (C=O) groups is 1. The molecule has 0 radical (unpaired) electrons. The molecule has 1 aliphatic rings. The zero-order valence-corrected chi connectivity index (χ0v) is 11.0. The van der Waals surface area contributed by atoms with Gasteiger partial charge >= 0.3 is 0 Å². The molecule has 1 aromatic rings. The van der Waals surface area contributed by atoms with Gasteiger partial charge < -0.3 is 4.90 Å². The van der Waals surface area contributed by atoms with Crippen LogP contribution in [0.1, 0.15) is 35.3 Å². The molecule has 0 aromatic carbocycles. The molecule has 1 amide bonds. The smallest absolute Gasteiger partial charge is 0.256 e. The lowest BCUT2D eigenvalue weighted by Crippen LogP contribution is -2.34. The standard InChI is InChI=1S/C13H17ClN2O/c1-9-6-12(14)11(7-15-9)13(17)16(2)8-10-4-3-5-10/h6-7,10H,3-5,8H2,1-2H3. The van der Waals surface area contributed by atoms with Gasteiger partial charge in [-0.25, -0.2) is 0 Å². The third-order valence-corrected chi connectivity index (χ3v) is 3.64. The minimum atomic E-state index is -0.0330. The molecule has 17 heavy (non-hydrogen) atoms. The second kappa shape index (κ2) is 5.05. The van der Waals surface area contributed by atoms with E-state index in [0.29, 0.717) is 16.5 Å². The molecule has 1 saturated carbocycles. The van der Waals surface area contributed by atoms with Crippen LogP contribution >= 0.6 is 11.6 Å². The number of hydrogen-bond donors (Lipinski definition) is 0. The lowest BCUT2D eigenvalue weighted by Gasteiger charge is -2.30. The molecular weight excluding hydrogens is 236 g/mol. The molecule has 3 nitrogen and oxygen atoms in total. The Bertz CT molecular complexity index is 429. The fourth-order valence-corrected chi connectivity index (χ4v) is 2.32. The zero-order valence-electron chi connectivity index (χ0n) is 10.2. The number of pyridine rings is 1. The fourth-order valence-electron chi connectivity index (χ4n) is 2.04. The fraction of sp³-hybridized carbons (Fsp3) is 0.538. The molecule has 1 fully saturated rings. The Morgan fingerprint density at radius 2 is 2.29 bits per heavy atom. The number of hydrogen-bond acceptors (Lipinski definition) is 2.